The van der Waals surface area contributed by atoms with Crippen molar-refractivity contribution >= 4 is 11.9 Å². The first kappa shape index (κ1) is 13.5. The Morgan fingerprint density at radius 3 is 2.37 bits per heavy atom. The first-order valence-corrected chi connectivity index (χ1v) is 5.77. The third kappa shape index (κ3) is 2.43. The Balaban J connectivity index is 2.04. The summed E-state index contributed by atoms with van der Waals surface area (Å²) in [5.74, 6) is -5.83. The number of hydrogen-bond acceptors (Lipinski definition) is 3. The van der Waals surface area contributed by atoms with Crippen LogP contribution in [0, 0.1) is 5.92 Å². The van der Waals surface area contributed by atoms with E-state index in [4.69, 9.17) is 0 Å². The van der Waals surface area contributed by atoms with Crippen LogP contribution in [0.3, 0.4) is 0 Å². The number of benzene rings is 1. The maximum atomic E-state index is 13.9. The van der Waals surface area contributed by atoms with Crippen molar-refractivity contribution in [1.29, 1.82) is 0 Å². The fourth-order valence-electron chi connectivity index (χ4n) is 1.93. The molecule has 19 heavy (non-hydrogen) atoms. The minimum Gasteiger partial charge on any atom is -0.469 e. The third-order valence-electron chi connectivity index (χ3n) is 3.11. The quantitative estimate of drug-likeness (QED) is 0.779. The van der Waals surface area contributed by atoms with Crippen molar-refractivity contribution in [2.45, 2.75) is 5.92 Å². The Labute approximate surface area is 109 Å². The molecule has 1 fully saturated rings. The molecule has 0 N–H and O–H groups in total. The predicted molar refractivity (Wildman–Crippen MR) is 62.4 cm³/mol. The Morgan fingerprint density at radius 1 is 1.26 bits per heavy atom. The molecule has 0 radical (unpaired) electrons. The standard InChI is InChI=1S/C13H13F2NO3/c1-19-11(17)9-7-16(8-9)12(18)13(14,15)10-5-3-2-4-6-10/h2-6,9H,7-8H2,1H3. The number of methoxy groups -OCH3 is 1. The summed E-state index contributed by atoms with van der Waals surface area (Å²) in [5, 5.41) is 0. The van der Waals surface area contributed by atoms with E-state index in [-0.39, 0.29) is 18.7 Å². The lowest BCUT2D eigenvalue weighted by Crippen LogP contribution is -2.57. The van der Waals surface area contributed by atoms with Crippen molar-refractivity contribution in [1.82, 2.24) is 4.90 Å². The van der Waals surface area contributed by atoms with Crippen LogP contribution < -0.4 is 0 Å². The molecule has 0 unspecified atom stereocenters. The van der Waals surface area contributed by atoms with Crippen LogP contribution in [-0.2, 0) is 20.2 Å². The van der Waals surface area contributed by atoms with Crippen molar-refractivity contribution in [2.24, 2.45) is 5.92 Å². The second kappa shape index (κ2) is 4.95. The number of hydrogen-bond donors (Lipinski definition) is 0. The smallest absolute Gasteiger partial charge is 0.349 e. The van der Waals surface area contributed by atoms with Gasteiger partial charge in [0.25, 0.3) is 5.91 Å². The average Bonchev–Trinajstić information content (AvgIpc) is 2.37. The molecule has 2 rings (SSSR count). The van der Waals surface area contributed by atoms with Crippen LogP contribution in [0.25, 0.3) is 0 Å². The molecule has 0 aromatic heterocycles. The highest BCUT2D eigenvalue weighted by molar-refractivity contribution is 5.87. The van der Waals surface area contributed by atoms with Crippen LogP contribution in [0.1, 0.15) is 5.56 Å². The van der Waals surface area contributed by atoms with Gasteiger partial charge in [0.05, 0.1) is 13.0 Å². The van der Waals surface area contributed by atoms with Crippen LogP contribution in [0.4, 0.5) is 8.78 Å². The summed E-state index contributed by atoms with van der Waals surface area (Å²) in [5.41, 5.74) is -0.346. The fourth-order valence-corrected chi connectivity index (χ4v) is 1.93. The molecule has 0 bridgehead atoms. The number of rotatable bonds is 3. The van der Waals surface area contributed by atoms with Crippen molar-refractivity contribution in [3.05, 3.63) is 35.9 Å². The number of nitrogens with zero attached hydrogens (tertiary/aromatic N) is 1. The SMILES string of the molecule is COC(=O)C1CN(C(=O)C(F)(F)c2ccccc2)C1. The van der Waals surface area contributed by atoms with E-state index in [0.717, 1.165) is 4.90 Å². The number of halogens is 2. The Morgan fingerprint density at radius 2 is 1.84 bits per heavy atom. The Kier molecular flexibility index (Phi) is 3.50. The minimum absolute atomic E-state index is 0.0199. The van der Waals surface area contributed by atoms with Gasteiger partial charge in [-0.15, -0.1) is 0 Å². The van der Waals surface area contributed by atoms with Crippen molar-refractivity contribution in [2.75, 3.05) is 20.2 Å². The predicted octanol–water partition coefficient (Wildman–Crippen LogP) is 1.41. The van der Waals surface area contributed by atoms with E-state index in [1.165, 1.54) is 31.4 Å². The minimum atomic E-state index is -3.57. The number of ether oxygens (including phenoxy) is 1. The summed E-state index contributed by atoms with van der Waals surface area (Å²) in [6, 6.07) is 6.90. The van der Waals surface area contributed by atoms with Gasteiger partial charge in [0, 0.05) is 18.7 Å². The zero-order valence-electron chi connectivity index (χ0n) is 10.3. The maximum absolute atomic E-state index is 13.9. The summed E-state index contributed by atoms with van der Waals surface area (Å²) in [6.45, 7) is -0.0398. The van der Waals surface area contributed by atoms with E-state index in [2.05, 4.69) is 4.74 Å². The van der Waals surface area contributed by atoms with Crippen LogP contribution in [0.15, 0.2) is 30.3 Å². The summed E-state index contributed by atoms with van der Waals surface area (Å²) >= 11 is 0. The molecule has 1 saturated heterocycles. The van der Waals surface area contributed by atoms with Gasteiger partial charge < -0.3 is 9.64 Å². The highest BCUT2D eigenvalue weighted by Crippen LogP contribution is 2.32. The molecule has 0 atom stereocenters. The number of amides is 1. The number of alkyl halides is 2. The van der Waals surface area contributed by atoms with Crippen LogP contribution in [-0.4, -0.2) is 37.0 Å². The second-order valence-corrected chi connectivity index (χ2v) is 4.37. The number of carbonyl (C=O) groups excluding carboxylic acids is 2. The van der Waals surface area contributed by atoms with E-state index >= 15 is 0 Å². The summed E-state index contributed by atoms with van der Waals surface area (Å²) in [6.07, 6.45) is 0. The lowest BCUT2D eigenvalue weighted by atomic mass is 9.98. The maximum Gasteiger partial charge on any atom is 0.349 e. The molecule has 1 amide bonds. The number of likely N-dealkylation sites (tertiary alicyclic amines) is 1. The summed E-state index contributed by atoms with van der Waals surface area (Å²) in [7, 11) is 1.23. The summed E-state index contributed by atoms with van der Waals surface area (Å²) < 4.78 is 32.3. The normalized spacial score (nSPS) is 15.8. The fraction of sp³-hybridized carbons (Fsp3) is 0.385. The molecule has 1 aliphatic heterocycles. The molecule has 0 aliphatic carbocycles. The summed E-state index contributed by atoms with van der Waals surface area (Å²) in [4.78, 5) is 23.8. The van der Waals surface area contributed by atoms with E-state index in [0.29, 0.717) is 0 Å². The Hall–Kier alpha value is -1.98. The lowest BCUT2D eigenvalue weighted by Gasteiger charge is -2.39. The molecule has 6 heteroatoms. The third-order valence-corrected chi connectivity index (χ3v) is 3.11. The van der Waals surface area contributed by atoms with Gasteiger partial charge >= 0.3 is 11.9 Å². The first-order valence-electron chi connectivity index (χ1n) is 5.77. The Bertz CT molecular complexity index is 484. The average molecular weight is 269 g/mol. The topological polar surface area (TPSA) is 46.6 Å². The van der Waals surface area contributed by atoms with Crippen molar-refractivity contribution in [3.63, 3.8) is 0 Å². The van der Waals surface area contributed by atoms with E-state index in [1.54, 1.807) is 6.07 Å². The molecular weight excluding hydrogens is 256 g/mol. The monoisotopic (exact) mass is 269 g/mol. The van der Waals surface area contributed by atoms with E-state index in [9.17, 15) is 18.4 Å². The highest BCUT2D eigenvalue weighted by atomic mass is 19.3. The van der Waals surface area contributed by atoms with Gasteiger partial charge in [-0.25, -0.2) is 0 Å². The van der Waals surface area contributed by atoms with Crippen LogP contribution >= 0.6 is 0 Å². The zero-order chi connectivity index (χ0) is 14.0. The van der Waals surface area contributed by atoms with Crippen LogP contribution in [0.2, 0.25) is 0 Å². The van der Waals surface area contributed by atoms with Gasteiger partial charge in [-0.05, 0) is 0 Å². The molecule has 1 heterocycles. The van der Waals surface area contributed by atoms with Gasteiger partial charge in [0.15, 0.2) is 0 Å². The molecule has 1 aromatic rings. The van der Waals surface area contributed by atoms with Gasteiger partial charge in [-0.2, -0.15) is 8.78 Å². The van der Waals surface area contributed by atoms with E-state index < -0.39 is 23.7 Å². The van der Waals surface area contributed by atoms with Gasteiger partial charge in [0.1, 0.15) is 0 Å². The van der Waals surface area contributed by atoms with Gasteiger partial charge in [-0.1, -0.05) is 30.3 Å². The lowest BCUT2D eigenvalue weighted by molar-refractivity contribution is -0.171. The number of carbonyl (C=O) groups is 2. The van der Waals surface area contributed by atoms with Crippen molar-refractivity contribution in [3.8, 4) is 0 Å². The zero-order valence-corrected chi connectivity index (χ0v) is 10.3. The van der Waals surface area contributed by atoms with Crippen molar-refractivity contribution < 1.29 is 23.1 Å². The molecule has 0 saturated carbocycles. The van der Waals surface area contributed by atoms with Crippen LogP contribution in [0.5, 0.6) is 0 Å². The highest BCUT2D eigenvalue weighted by Gasteiger charge is 2.48. The molecule has 1 aromatic carbocycles. The van der Waals surface area contributed by atoms with E-state index in [1.807, 2.05) is 0 Å². The molecule has 102 valence electrons. The second-order valence-electron chi connectivity index (χ2n) is 4.37. The van der Waals surface area contributed by atoms with Gasteiger partial charge in [0.2, 0.25) is 0 Å². The molecule has 1 aliphatic rings. The molecule has 4 nitrogen and oxygen atoms in total. The molecule has 0 spiro atoms. The first-order chi connectivity index (χ1) is 8.96. The largest absolute Gasteiger partial charge is 0.469 e. The number of esters is 1. The molecular formula is C13H13F2NO3. The van der Waals surface area contributed by atoms with Gasteiger partial charge in [-0.3, -0.25) is 9.59 Å².